The molecule has 0 aliphatic heterocycles. The van der Waals surface area contributed by atoms with E-state index in [-0.39, 0.29) is 11.5 Å². The number of aromatic amines is 2. The first kappa shape index (κ1) is 20.2. The molecule has 2 aromatic carbocycles. The summed E-state index contributed by atoms with van der Waals surface area (Å²) in [7, 11) is 1.62. The van der Waals surface area contributed by atoms with Gasteiger partial charge in [0.25, 0.3) is 0 Å². The molecule has 8 heteroatoms. The van der Waals surface area contributed by atoms with Crippen molar-refractivity contribution in [1.29, 1.82) is 0 Å². The van der Waals surface area contributed by atoms with Crippen LogP contribution in [0.4, 0.5) is 0 Å². The number of rotatable bonds is 9. The van der Waals surface area contributed by atoms with Gasteiger partial charge in [0.1, 0.15) is 5.25 Å². The number of nitrogens with one attached hydrogen (secondary N) is 2. The van der Waals surface area contributed by atoms with Crippen molar-refractivity contribution < 1.29 is 9.53 Å². The maximum Gasteiger partial charge on any atom is 0.343 e. The monoisotopic (exact) mass is 422 g/mol. The van der Waals surface area contributed by atoms with Crippen LogP contribution in [-0.2, 0) is 11.3 Å². The second-order valence-electron chi connectivity index (χ2n) is 6.83. The number of carbonyl (C=O) groups excluding carboxylic acids is 1. The Kier molecular flexibility index (Phi) is 6.15. The van der Waals surface area contributed by atoms with Gasteiger partial charge in [-0.15, -0.1) is 5.10 Å². The number of methoxy groups -OCH3 is 1. The molecule has 0 saturated heterocycles. The fourth-order valence-corrected chi connectivity index (χ4v) is 4.52. The summed E-state index contributed by atoms with van der Waals surface area (Å²) < 4.78 is 6.65. The van der Waals surface area contributed by atoms with E-state index in [0.717, 1.165) is 16.5 Å². The molecule has 2 N–H and O–H groups in total. The molecule has 0 saturated carbocycles. The maximum absolute atomic E-state index is 13.6. The molecule has 0 spiro atoms. The molecule has 1 atom stereocenters. The van der Waals surface area contributed by atoms with E-state index in [9.17, 15) is 9.59 Å². The number of hydrogen-bond donors (Lipinski definition) is 2. The summed E-state index contributed by atoms with van der Waals surface area (Å²) in [6, 6.07) is 17.3. The zero-order chi connectivity index (χ0) is 20.9. The Morgan fingerprint density at radius 2 is 1.93 bits per heavy atom. The topological polar surface area (TPSA) is 92.8 Å². The van der Waals surface area contributed by atoms with E-state index in [0.29, 0.717) is 30.3 Å². The van der Waals surface area contributed by atoms with Gasteiger partial charge in [0.2, 0.25) is 0 Å². The van der Waals surface area contributed by atoms with Gasteiger partial charge in [-0.2, -0.15) is 0 Å². The van der Waals surface area contributed by atoms with Crippen LogP contribution < -0.4 is 5.69 Å². The molecular formula is C22H22N4O3S. The van der Waals surface area contributed by atoms with E-state index >= 15 is 0 Å². The number of nitrogens with zero attached hydrogens (tertiary/aromatic N) is 2. The lowest BCUT2D eigenvalue weighted by Crippen LogP contribution is -2.19. The predicted molar refractivity (Wildman–Crippen MR) is 117 cm³/mol. The fraction of sp³-hybridized carbons (Fsp3) is 0.227. The Hall–Kier alpha value is -3.10. The number of thioether (sulfide) groups is 1. The van der Waals surface area contributed by atoms with E-state index < -0.39 is 5.25 Å². The quantitative estimate of drug-likeness (QED) is 0.243. The Labute approximate surface area is 177 Å². The zero-order valence-electron chi connectivity index (χ0n) is 16.5. The van der Waals surface area contributed by atoms with E-state index in [4.69, 9.17) is 4.74 Å². The molecule has 30 heavy (non-hydrogen) atoms. The van der Waals surface area contributed by atoms with Crippen LogP contribution in [0.1, 0.15) is 27.6 Å². The number of ketones is 1. The number of fused-ring (bicyclic) bond motifs is 1. The summed E-state index contributed by atoms with van der Waals surface area (Å²) in [5.74, 6) is -0.0393. The highest BCUT2D eigenvalue weighted by Crippen LogP contribution is 2.37. The lowest BCUT2D eigenvalue weighted by atomic mass is 10.0. The molecule has 154 valence electrons. The van der Waals surface area contributed by atoms with Gasteiger partial charge in [0, 0.05) is 42.9 Å². The molecule has 0 aliphatic rings. The van der Waals surface area contributed by atoms with Gasteiger partial charge in [0.15, 0.2) is 10.9 Å². The molecule has 0 bridgehead atoms. The second-order valence-corrected chi connectivity index (χ2v) is 7.90. The highest BCUT2D eigenvalue weighted by atomic mass is 32.2. The van der Waals surface area contributed by atoms with Crippen LogP contribution in [0.3, 0.4) is 0 Å². The van der Waals surface area contributed by atoms with Crippen molar-refractivity contribution >= 4 is 28.4 Å². The van der Waals surface area contributed by atoms with E-state index in [1.807, 2.05) is 54.6 Å². The minimum Gasteiger partial charge on any atom is -0.385 e. The molecule has 4 rings (SSSR count). The van der Waals surface area contributed by atoms with Gasteiger partial charge >= 0.3 is 5.69 Å². The van der Waals surface area contributed by atoms with Crippen molar-refractivity contribution in [3.8, 4) is 0 Å². The summed E-state index contributed by atoms with van der Waals surface area (Å²) in [6.07, 6.45) is 2.43. The largest absolute Gasteiger partial charge is 0.385 e. The minimum atomic E-state index is -0.540. The van der Waals surface area contributed by atoms with Crippen LogP contribution in [-0.4, -0.2) is 39.2 Å². The Balaban J connectivity index is 1.70. The number of ether oxygens (including phenoxy) is 1. The zero-order valence-corrected chi connectivity index (χ0v) is 17.3. The second kappa shape index (κ2) is 9.15. The van der Waals surface area contributed by atoms with Crippen molar-refractivity contribution in [3.05, 3.63) is 82.4 Å². The normalized spacial score (nSPS) is 12.3. The van der Waals surface area contributed by atoms with Gasteiger partial charge in [-0.3, -0.25) is 9.36 Å². The number of H-pyrrole nitrogens is 2. The van der Waals surface area contributed by atoms with Crippen LogP contribution in [0.2, 0.25) is 0 Å². The fourth-order valence-electron chi connectivity index (χ4n) is 3.38. The summed E-state index contributed by atoms with van der Waals surface area (Å²) in [4.78, 5) is 29.0. The summed E-state index contributed by atoms with van der Waals surface area (Å²) in [5, 5.41) is 7.50. The maximum atomic E-state index is 13.6. The average molecular weight is 423 g/mol. The molecule has 0 fully saturated rings. The van der Waals surface area contributed by atoms with E-state index in [1.165, 1.54) is 11.8 Å². The van der Waals surface area contributed by atoms with E-state index in [2.05, 4.69) is 15.2 Å². The molecule has 0 aliphatic carbocycles. The third-order valence-corrected chi connectivity index (χ3v) is 6.12. The third kappa shape index (κ3) is 4.10. The summed E-state index contributed by atoms with van der Waals surface area (Å²) in [5.41, 5.74) is 2.10. The minimum absolute atomic E-state index is 0.0393. The standard InChI is InChI=1S/C22H22N4O3S/c1-29-13-7-12-26-21(28)24-25-22(26)30-20(15-8-3-2-4-9-15)19(27)17-14-23-18-11-6-5-10-16(17)18/h2-6,8-11,14,20,23H,7,12-13H2,1H3,(H,24,28). The Morgan fingerprint density at radius 3 is 2.73 bits per heavy atom. The van der Waals surface area contributed by atoms with Crippen molar-refractivity contribution in [3.63, 3.8) is 0 Å². The highest BCUT2D eigenvalue weighted by Gasteiger charge is 2.27. The lowest BCUT2D eigenvalue weighted by Gasteiger charge is -2.16. The first-order valence-corrected chi connectivity index (χ1v) is 10.5. The van der Waals surface area contributed by atoms with Crippen molar-refractivity contribution in [1.82, 2.24) is 19.7 Å². The summed E-state index contributed by atoms with van der Waals surface area (Å²) >= 11 is 1.28. The first-order chi connectivity index (χ1) is 14.7. The van der Waals surface area contributed by atoms with Crippen LogP contribution in [0, 0.1) is 0 Å². The van der Waals surface area contributed by atoms with Crippen molar-refractivity contribution in [2.24, 2.45) is 0 Å². The number of benzene rings is 2. The van der Waals surface area contributed by atoms with Crippen molar-refractivity contribution in [2.45, 2.75) is 23.4 Å². The van der Waals surface area contributed by atoms with Gasteiger partial charge in [-0.05, 0) is 18.1 Å². The molecule has 0 amide bonds. The third-order valence-electron chi connectivity index (χ3n) is 4.87. The van der Waals surface area contributed by atoms with Crippen LogP contribution in [0.25, 0.3) is 10.9 Å². The lowest BCUT2D eigenvalue weighted by molar-refractivity contribution is 0.0991. The molecule has 7 nitrogen and oxygen atoms in total. The summed E-state index contributed by atoms with van der Waals surface area (Å²) in [6.45, 7) is 1.01. The predicted octanol–water partition coefficient (Wildman–Crippen LogP) is 3.81. The number of aromatic nitrogens is 4. The van der Waals surface area contributed by atoms with Crippen molar-refractivity contribution in [2.75, 3.05) is 13.7 Å². The number of hydrogen-bond acceptors (Lipinski definition) is 5. The SMILES string of the molecule is COCCCn1c(SC(C(=O)c2c[nH]c3ccccc23)c2ccccc2)n[nH]c1=O. The van der Waals surface area contributed by atoms with Gasteiger partial charge in [0.05, 0.1) is 0 Å². The molecular weight excluding hydrogens is 400 g/mol. The molecule has 1 unspecified atom stereocenters. The Morgan fingerprint density at radius 1 is 1.17 bits per heavy atom. The highest BCUT2D eigenvalue weighted by molar-refractivity contribution is 8.00. The van der Waals surface area contributed by atoms with Crippen LogP contribution >= 0.6 is 11.8 Å². The molecule has 4 aromatic rings. The average Bonchev–Trinajstić information content (AvgIpc) is 3.36. The number of para-hydroxylation sites is 1. The Bertz CT molecular complexity index is 1200. The molecule has 0 radical (unpaired) electrons. The van der Waals surface area contributed by atoms with Gasteiger partial charge in [-0.25, -0.2) is 9.89 Å². The van der Waals surface area contributed by atoms with Gasteiger partial charge in [-0.1, -0.05) is 60.3 Å². The smallest absolute Gasteiger partial charge is 0.343 e. The van der Waals surface area contributed by atoms with Crippen LogP contribution in [0.15, 0.2) is 70.7 Å². The number of carbonyl (C=O) groups is 1. The first-order valence-electron chi connectivity index (χ1n) is 9.65. The van der Waals surface area contributed by atoms with E-state index in [1.54, 1.807) is 17.9 Å². The van der Waals surface area contributed by atoms with Gasteiger partial charge < -0.3 is 9.72 Å². The molecule has 2 heterocycles. The number of Topliss-reactive ketones (excluding diaryl/α,β-unsaturated/α-hetero) is 1. The molecule has 2 aromatic heterocycles. The van der Waals surface area contributed by atoms with Crippen LogP contribution in [0.5, 0.6) is 0 Å².